The van der Waals surface area contributed by atoms with Crippen molar-refractivity contribution in [1.29, 1.82) is 0 Å². The van der Waals surface area contributed by atoms with Crippen LogP contribution in [0.15, 0.2) is 24.3 Å². The first-order valence-electron chi connectivity index (χ1n) is 6.83. The van der Waals surface area contributed by atoms with E-state index in [2.05, 4.69) is 16.5 Å². The van der Waals surface area contributed by atoms with Gasteiger partial charge in [0.2, 0.25) is 5.91 Å². The second kappa shape index (κ2) is 5.90. The summed E-state index contributed by atoms with van der Waals surface area (Å²) < 4.78 is 1.87. The number of benzene rings is 1. The summed E-state index contributed by atoms with van der Waals surface area (Å²) in [6.07, 6.45) is 0.426. The van der Waals surface area contributed by atoms with Gasteiger partial charge in [-0.3, -0.25) is 9.48 Å². The van der Waals surface area contributed by atoms with E-state index >= 15 is 0 Å². The van der Waals surface area contributed by atoms with Crippen LogP contribution in [0.3, 0.4) is 0 Å². The Hall–Kier alpha value is -2.10. The molecule has 106 valence electrons. The Bertz CT molecular complexity index is 608. The van der Waals surface area contributed by atoms with Crippen LogP contribution in [-0.4, -0.2) is 15.7 Å². The van der Waals surface area contributed by atoms with Crippen molar-refractivity contribution in [1.82, 2.24) is 9.78 Å². The fourth-order valence-electron chi connectivity index (χ4n) is 2.38. The summed E-state index contributed by atoms with van der Waals surface area (Å²) in [7, 11) is 0. The fourth-order valence-corrected chi connectivity index (χ4v) is 2.38. The largest absolute Gasteiger partial charge is 0.326 e. The van der Waals surface area contributed by atoms with Gasteiger partial charge in [0, 0.05) is 24.3 Å². The number of anilines is 1. The molecule has 1 aromatic carbocycles. The van der Waals surface area contributed by atoms with Crippen LogP contribution >= 0.6 is 0 Å². The number of hydrogen-bond donors (Lipinski definition) is 1. The molecule has 0 saturated heterocycles. The Morgan fingerprint density at radius 1 is 1.10 bits per heavy atom. The predicted octanol–water partition coefficient (Wildman–Crippen LogP) is 3.15. The number of rotatable bonds is 4. The van der Waals surface area contributed by atoms with Gasteiger partial charge < -0.3 is 5.32 Å². The lowest BCUT2D eigenvalue weighted by molar-refractivity contribution is -0.116. The van der Waals surface area contributed by atoms with E-state index in [1.54, 1.807) is 0 Å². The highest BCUT2D eigenvalue weighted by Crippen LogP contribution is 2.14. The van der Waals surface area contributed by atoms with Gasteiger partial charge in [-0.25, -0.2) is 0 Å². The van der Waals surface area contributed by atoms with Gasteiger partial charge in [0.25, 0.3) is 0 Å². The maximum Gasteiger partial charge on any atom is 0.226 e. The molecule has 0 aliphatic rings. The van der Waals surface area contributed by atoms with Crippen molar-refractivity contribution >= 4 is 11.6 Å². The van der Waals surface area contributed by atoms with Gasteiger partial charge in [-0.2, -0.15) is 5.10 Å². The highest BCUT2D eigenvalue weighted by Gasteiger charge is 2.06. The topological polar surface area (TPSA) is 46.9 Å². The number of aromatic nitrogens is 2. The summed E-state index contributed by atoms with van der Waals surface area (Å²) in [5.41, 5.74) is 5.23. The molecule has 0 atom stereocenters. The minimum Gasteiger partial charge on any atom is -0.326 e. The number of hydrogen-bond acceptors (Lipinski definition) is 2. The lowest BCUT2D eigenvalue weighted by atomic mass is 10.1. The third-order valence-corrected chi connectivity index (χ3v) is 3.16. The number of aryl methyl sites for hydroxylation is 5. The SMILES string of the molecule is Cc1cc(C)cc(NC(=O)CCn2nc(C)cc2C)c1. The Kier molecular flexibility index (Phi) is 4.23. The number of carbonyl (C=O) groups is 1. The molecule has 20 heavy (non-hydrogen) atoms. The zero-order chi connectivity index (χ0) is 14.7. The Balaban J connectivity index is 1.94. The number of carbonyl (C=O) groups excluding carboxylic acids is 1. The van der Waals surface area contributed by atoms with Gasteiger partial charge in [-0.1, -0.05) is 6.07 Å². The van der Waals surface area contributed by atoms with Crippen LogP contribution in [0.25, 0.3) is 0 Å². The fraction of sp³-hybridized carbons (Fsp3) is 0.375. The van der Waals surface area contributed by atoms with E-state index in [4.69, 9.17) is 0 Å². The quantitative estimate of drug-likeness (QED) is 0.928. The molecular formula is C16H21N3O. The summed E-state index contributed by atoms with van der Waals surface area (Å²) in [6, 6.07) is 8.07. The predicted molar refractivity (Wildman–Crippen MR) is 80.9 cm³/mol. The molecule has 0 bridgehead atoms. The third kappa shape index (κ3) is 3.70. The lowest BCUT2D eigenvalue weighted by Crippen LogP contribution is -2.15. The van der Waals surface area contributed by atoms with Crippen LogP contribution in [0, 0.1) is 27.7 Å². The molecule has 1 amide bonds. The average molecular weight is 271 g/mol. The van der Waals surface area contributed by atoms with Crippen molar-refractivity contribution in [3.8, 4) is 0 Å². The molecule has 0 aliphatic carbocycles. The molecule has 1 aromatic heterocycles. The van der Waals surface area contributed by atoms with Crippen LogP contribution < -0.4 is 5.32 Å². The second-order valence-corrected chi connectivity index (χ2v) is 5.32. The Morgan fingerprint density at radius 2 is 1.75 bits per heavy atom. The second-order valence-electron chi connectivity index (χ2n) is 5.32. The Morgan fingerprint density at radius 3 is 2.30 bits per heavy atom. The number of nitrogens with zero attached hydrogens (tertiary/aromatic N) is 2. The molecule has 2 aromatic rings. The summed E-state index contributed by atoms with van der Waals surface area (Å²) in [4.78, 5) is 12.0. The van der Waals surface area contributed by atoms with Crippen molar-refractivity contribution in [3.05, 3.63) is 46.8 Å². The molecule has 4 heteroatoms. The maximum absolute atomic E-state index is 12.0. The monoisotopic (exact) mass is 271 g/mol. The molecule has 1 heterocycles. The zero-order valence-corrected chi connectivity index (χ0v) is 12.5. The van der Waals surface area contributed by atoms with Crippen LogP contribution in [0.1, 0.15) is 28.9 Å². The third-order valence-electron chi connectivity index (χ3n) is 3.16. The summed E-state index contributed by atoms with van der Waals surface area (Å²) in [6.45, 7) is 8.62. The van der Waals surface area contributed by atoms with Gasteiger partial charge in [0.15, 0.2) is 0 Å². The van der Waals surface area contributed by atoms with E-state index in [0.717, 1.165) is 28.2 Å². The van der Waals surface area contributed by atoms with Crippen LogP contribution in [0.2, 0.25) is 0 Å². The zero-order valence-electron chi connectivity index (χ0n) is 12.5. The minimum absolute atomic E-state index is 0.0163. The van der Waals surface area contributed by atoms with E-state index in [1.165, 1.54) is 0 Å². The minimum atomic E-state index is 0.0163. The first kappa shape index (κ1) is 14.3. The maximum atomic E-state index is 12.0. The summed E-state index contributed by atoms with van der Waals surface area (Å²) >= 11 is 0. The van der Waals surface area contributed by atoms with E-state index in [1.807, 2.05) is 50.6 Å². The first-order chi connectivity index (χ1) is 9.44. The van der Waals surface area contributed by atoms with Crippen molar-refractivity contribution in [3.63, 3.8) is 0 Å². The molecule has 2 rings (SSSR count). The van der Waals surface area contributed by atoms with Gasteiger partial charge in [-0.05, 0) is 57.0 Å². The molecule has 0 unspecified atom stereocenters. The van der Waals surface area contributed by atoms with Gasteiger partial charge >= 0.3 is 0 Å². The number of amides is 1. The van der Waals surface area contributed by atoms with Crippen molar-refractivity contribution in [2.45, 2.75) is 40.7 Å². The molecule has 0 aliphatic heterocycles. The summed E-state index contributed by atoms with van der Waals surface area (Å²) in [5.74, 6) is 0.0163. The van der Waals surface area contributed by atoms with Gasteiger partial charge in [0.1, 0.15) is 0 Å². The summed E-state index contributed by atoms with van der Waals surface area (Å²) in [5, 5.41) is 7.29. The molecule has 0 radical (unpaired) electrons. The molecular weight excluding hydrogens is 250 g/mol. The van der Waals surface area contributed by atoms with Crippen LogP contribution in [0.5, 0.6) is 0 Å². The first-order valence-corrected chi connectivity index (χ1v) is 6.83. The van der Waals surface area contributed by atoms with E-state index < -0.39 is 0 Å². The van der Waals surface area contributed by atoms with Crippen molar-refractivity contribution < 1.29 is 4.79 Å². The van der Waals surface area contributed by atoms with Crippen molar-refractivity contribution in [2.75, 3.05) is 5.32 Å². The molecule has 0 fully saturated rings. The van der Waals surface area contributed by atoms with Crippen molar-refractivity contribution in [2.24, 2.45) is 0 Å². The van der Waals surface area contributed by atoms with Crippen LogP contribution in [-0.2, 0) is 11.3 Å². The van der Waals surface area contributed by atoms with Gasteiger partial charge in [0.05, 0.1) is 5.69 Å². The molecule has 0 spiro atoms. The Labute approximate surface area is 119 Å². The smallest absolute Gasteiger partial charge is 0.226 e. The highest BCUT2D eigenvalue weighted by molar-refractivity contribution is 5.90. The average Bonchev–Trinajstić information content (AvgIpc) is 2.64. The van der Waals surface area contributed by atoms with E-state index in [9.17, 15) is 4.79 Å². The molecule has 1 N–H and O–H groups in total. The van der Waals surface area contributed by atoms with Crippen LogP contribution in [0.4, 0.5) is 5.69 Å². The lowest BCUT2D eigenvalue weighted by Gasteiger charge is -2.08. The highest BCUT2D eigenvalue weighted by atomic mass is 16.1. The van der Waals surface area contributed by atoms with E-state index in [-0.39, 0.29) is 5.91 Å². The standard InChI is InChI=1S/C16H21N3O/c1-11-7-12(2)9-15(8-11)17-16(20)5-6-19-14(4)10-13(3)18-19/h7-10H,5-6H2,1-4H3,(H,17,20). The molecule has 0 saturated carbocycles. The molecule has 4 nitrogen and oxygen atoms in total. The normalized spacial score (nSPS) is 10.6. The van der Waals surface area contributed by atoms with E-state index in [0.29, 0.717) is 13.0 Å². The van der Waals surface area contributed by atoms with Gasteiger partial charge in [-0.15, -0.1) is 0 Å². The number of nitrogens with one attached hydrogen (secondary N) is 1.